The number of nitrogens with zero attached hydrogens (tertiary/aromatic N) is 1. The standard InChI is InChI=1S/C19H14BrF2NO2S/c1-11-3-4-12(7-16(11)20)13-5-6-23-10-15(13)14-8-18(22)19(9-17(14)21)26(2,24)25/h3-10H,1-2H3. The summed E-state index contributed by atoms with van der Waals surface area (Å²) in [4.78, 5) is 3.35. The van der Waals surface area contributed by atoms with Crippen LogP contribution < -0.4 is 0 Å². The number of benzene rings is 2. The SMILES string of the molecule is Cc1ccc(-c2ccncc2-c2cc(F)c(S(C)(=O)=O)cc2F)cc1Br. The maximum absolute atomic E-state index is 14.6. The molecule has 7 heteroatoms. The third-order valence-electron chi connectivity index (χ3n) is 4.02. The minimum Gasteiger partial charge on any atom is -0.264 e. The van der Waals surface area contributed by atoms with E-state index >= 15 is 0 Å². The Morgan fingerprint density at radius 3 is 2.35 bits per heavy atom. The zero-order valence-corrected chi connectivity index (χ0v) is 16.3. The van der Waals surface area contributed by atoms with Crippen molar-refractivity contribution in [3.63, 3.8) is 0 Å². The summed E-state index contributed by atoms with van der Waals surface area (Å²) in [6, 6.07) is 8.98. The maximum Gasteiger partial charge on any atom is 0.178 e. The summed E-state index contributed by atoms with van der Waals surface area (Å²) in [7, 11) is -3.86. The van der Waals surface area contributed by atoms with Crippen LogP contribution in [0.15, 0.2) is 58.2 Å². The molecular formula is C19H14BrF2NO2S. The smallest absolute Gasteiger partial charge is 0.178 e. The monoisotopic (exact) mass is 437 g/mol. The number of halogens is 3. The van der Waals surface area contributed by atoms with Gasteiger partial charge in [0.05, 0.1) is 0 Å². The molecule has 0 N–H and O–H groups in total. The summed E-state index contributed by atoms with van der Waals surface area (Å²) < 4.78 is 53.0. The van der Waals surface area contributed by atoms with Crippen molar-refractivity contribution >= 4 is 25.8 Å². The van der Waals surface area contributed by atoms with Gasteiger partial charge in [0.25, 0.3) is 0 Å². The maximum atomic E-state index is 14.6. The van der Waals surface area contributed by atoms with Gasteiger partial charge in [0, 0.05) is 34.2 Å². The van der Waals surface area contributed by atoms with Crippen LogP contribution in [0.1, 0.15) is 5.56 Å². The van der Waals surface area contributed by atoms with Crippen LogP contribution in [0.3, 0.4) is 0 Å². The average molecular weight is 438 g/mol. The number of hydrogen-bond acceptors (Lipinski definition) is 3. The molecule has 134 valence electrons. The Kier molecular flexibility index (Phi) is 4.94. The fourth-order valence-corrected chi connectivity index (χ4v) is 3.75. The Morgan fingerprint density at radius 2 is 1.69 bits per heavy atom. The molecule has 0 spiro atoms. The second kappa shape index (κ2) is 6.89. The molecule has 3 aromatic rings. The van der Waals surface area contributed by atoms with Gasteiger partial charge >= 0.3 is 0 Å². The van der Waals surface area contributed by atoms with E-state index in [2.05, 4.69) is 20.9 Å². The highest BCUT2D eigenvalue weighted by Crippen LogP contribution is 2.36. The molecule has 0 fully saturated rings. The molecule has 0 unspecified atom stereocenters. The van der Waals surface area contributed by atoms with Gasteiger partial charge in [-0.1, -0.05) is 28.1 Å². The topological polar surface area (TPSA) is 47.0 Å². The van der Waals surface area contributed by atoms with Crippen LogP contribution in [0.25, 0.3) is 22.3 Å². The van der Waals surface area contributed by atoms with Gasteiger partial charge in [-0.3, -0.25) is 4.98 Å². The highest BCUT2D eigenvalue weighted by molar-refractivity contribution is 9.10. The first-order chi connectivity index (χ1) is 12.2. The molecule has 0 radical (unpaired) electrons. The quantitative estimate of drug-likeness (QED) is 0.567. The average Bonchev–Trinajstić information content (AvgIpc) is 2.58. The van der Waals surface area contributed by atoms with Crippen LogP contribution in [-0.2, 0) is 9.84 Å². The van der Waals surface area contributed by atoms with Crippen molar-refractivity contribution in [1.82, 2.24) is 4.98 Å². The summed E-state index contributed by atoms with van der Waals surface area (Å²) >= 11 is 3.47. The summed E-state index contributed by atoms with van der Waals surface area (Å²) in [5.41, 5.74) is 2.83. The highest BCUT2D eigenvalue weighted by atomic mass is 79.9. The first kappa shape index (κ1) is 18.7. The van der Waals surface area contributed by atoms with Gasteiger partial charge in [0.1, 0.15) is 16.5 Å². The lowest BCUT2D eigenvalue weighted by Gasteiger charge is -2.13. The Hall–Kier alpha value is -2.12. The van der Waals surface area contributed by atoms with Crippen molar-refractivity contribution in [3.05, 3.63) is 70.5 Å². The molecule has 26 heavy (non-hydrogen) atoms. The van der Waals surface area contributed by atoms with E-state index in [1.165, 1.54) is 6.20 Å². The van der Waals surface area contributed by atoms with Crippen LogP contribution in [0.4, 0.5) is 8.78 Å². The van der Waals surface area contributed by atoms with E-state index < -0.39 is 26.4 Å². The zero-order valence-electron chi connectivity index (χ0n) is 13.9. The van der Waals surface area contributed by atoms with Crippen LogP contribution in [-0.4, -0.2) is 19.7 Å². The third kappa shape index (κ3) is 3.54. The minimum atomic E-state index is -3.86. The van der Waals surface area contributed by atoms with E-state index in [4.69, 9.17) is 0 Å². The van der Waals surface area contributed by atoms with E-state index in [0.717, 1.165) is 27.9 Å². The van der Waals surface area contributed by atoms with Gasteiger partial charge in [-0.25, -0.2) is 17.2 Å². The van der Waals surface area contributed by atoms with Crippen molar-refractivity contribution in [2.45, 2.75) is 11.8 Å². The molecule has 0 aliphatic rings. The lowest BCUT2D eigenvalue weighted by atomic mass is 9.95. The highest BCUT2D eigenvalue weighted by Gasteiger charge is 2.20. The molecule has 0 atom stereocenters. The number of aryl methyl sites for hydroxylation is 1. The third-order valence-corrected chi connectivity index (χ3v) is 5.98. The van der Waals surface area contributed by atoms with Crippen molar-refractivity contribution in [3.8, 4) is 22.3 Å². The molecule has 0 aliphatic heterocycles. The van der Waals surface area contributed by atoms with Gasteiger partial charge in [-0.15, -0.1) is 0 Å². The van der Waals surface area contributed by atoms with Gasteiger partial charge in [-0.05, 0) is 47.9 Å². The summed E-state index contributed by atoms with van der Waals surface area (Å²) in [6.07, 6.45) is 3.83. The summed E-state index contributed by atoms with van der Waals surface area (Å²) in [6.45, 7) is 1.94. The molecule has 0 bridgehead atoms. The normalized spacial score (nSPS) is 11.6. The Morgan fingerprint density at radius 1 is 0.962 bits per heavy atom. The minimum absolute atomic E-state index is 0.0466. The van der Waals surface area contributed by atoms with E-state index in [0.29, 0.717) is 17.2 Å². The molecule has 0 amide bonds. The predicted octanol–water partition coefficient (Wildman–Crippen LogP) is 5.17. The Bertz CT molecular complexity index is 1110. The van der Waals surface area contributed by atoms with Crippen molar-refractivity contribution in [1.29, 1.82) is 0 Å². The first-order valence-electron chi connectivity index (χ1n) is 7.58. The fourth-order valence-electron chi connectivity index (χ4n) is 2.64. The largest absolute Gasteiger partial charge is 0.264 e. The van der Waals surface area contributed by atoms with Crippen LogP contribution in [0.5, 0.6) is 0 Å². The molecule has 2 aromatic carbocycles. The number of pyridine rings is 1. The van der Waals surface area contributed by atoms with Crippen molar-refractivity contribution < 1.29 is 17.2 Å². The number of rotatable bonds is 3. The van der Waals surface area contributed by atoms with Gasteiger partial charge in [0.2, 0.25) is 0 Å². The van der Waals surface area contributed by atoms with Gasteiger partial charge < -0.3 is 0 Å². The Labute approximate surface area is 158 Å². The van der Waals surface area contributed by atoms with Crippen molar-refractivity contribution in [2.24, 2.45) is 0 Å². The van der Waals surface area contributed by atoms with E-state index in [-0.39, 0.29) is 5.56 Å². The molecule has 3 nitrogen and oxygen atoms in total. The molecular weight excluding hydrogens is 424 g/mol. The van der Waals surface area contributed by atoms with Crippen LogP contribution in [0.2, 0.25) is 0 Å². The van der Waals surface area contributed by atoms with E-state index in [1.807, 2.05) is 25.1 Å². The van der Waals surface area contributed by atoms with E-state index in [1.54, 1.807) is 12.3 Å². The number of aromatic nitrogens is 1. The summed E-state index contributed by atoms with van der Waals surface area (Å²) in [5, 5.41) is 0. The molecule has 1 aromatic heterocycles. The van der Waals surface area contributed by atoms with Crippen molar-refractivity contribution in [2.75, 3.05) is 6.26 Å². The molecule has 0 saturated carbocycles. The molecule has 3 rings (SSSR count). The lowest BCUT2D eigenvalue weighted by molar-refractivity contribution is 0.557. The van der Waals surface area contributed by atoms with E-state index in [9.17, 15) is 17.2 Å². The number of sulfone groups is 1. The summed E-state index contributed by atoms with van der Waals surface area (Å²) in [5.74, 6) is -1.82. The second-order valence-corrected chi connectivity index (χ2v) is 8.76. The second-order valence-electron chi connectivity index (χ2n) is 5.92. The van der Waals surface area contributed by atoms with Gasteiger partial charge in [0.15, 0.2) is 9.84 Å². The first-order valence-corrected chi connectivity index (χ1v) is 10.3. The van der Waals surface area contributed by atoms with Crippen LogP contribution >= 0.6 is 15.9 Å². The Balaban J connectivity index is 2.23. The zero-order chi connectivity index (χ0) is 19.1. The molecule has 1 heterocycles. The van der Waals surface area contributed by atoms with Gasteiger partial charge in [-0.2, -0.15) is 0 Å². The van der Waals surface area contributed by atoms with Crippen LogP contribution in [0, 0.1) is 18.6 Å². The molecule has 0 aliphatic carbocycles. The predicted molar refractivity (Wildman–Crippen MR) is 101 cm³/mol. The lowest BCUT2D eigenvalue weighted by Crippen LogP contribution is -2.03. The fraction of sp³-hybridized carbons (Fsp3) is 0.105. The molecule has 0 saturated heterocycles. The number of hydrogen-bond donors (Lipinski definition) is 0.